The van der Waals surface area contributed by atoms with E-state index in [1.165, 1.54) is 0 Å². The van der Waals surface area contributed by atoms with E-state index in [0.29, 0.717) is 0 Å². The average Bonchev–Trinajstić information content (AvgIpc) is 2.70. The van der Waals surface area contributed by atoms with E-state index in [0.717, 1.165) is 33.2 Å². The van der Waals surface area contributed by atoms with E-state index in [9.17, 15) is 4.79 Å². The summed E-state index contributed by atoms with van der Waals surface area (Å²) in [6, 6.07) is 15.8. The van der Waals surface area contributed by atoms with Crippen LogP contribution in [0.1, 0.15) is 21.5 Å². The van der Waals surface area contributed by atoms with E-state index >= 15 is 0 Å². The van der Waals surface area contributed by atoms with Crippen molar-refractivity contribution in [1.29, 1.82) is 0 Å². The molecule has 2 aromatic carbocycles. The summed E-state index contributed by atoms with van der Waals surface area (Å²) in [7, 11) is 0. The zero-order chi connectivity index (χ0) is 12.5. The average molecular weight is 299 g/mol. The molecule has 0 radical (unpaired) electrons. The van der Waals surface area contributed by atoms with Crippen LogP contribution in [0.2, 0.25) is 0 Å². The molecule has 2 aromatic rings. The zero-order valence-electron chi connectivity index (χ0n) is 9.69. The topological polar surface area (TPSA) is 17.1 Å². The predicted octanol–water partition coefficient (Wildman–Crippen LogP) is 4.27. The highest BCUT2D eigenvalue weighted by molar-refractivity contribution is 9.10. The summed E-state index contributed by atoms with van der Waals surface area (Å²) in [5, 5.41) is 0. The molecule has 1 nitrogen and oxygen atoms in total. The second-order valence-corrected chi connectivity index (χ2v) is 5.21. The molecule has 0 atom stereocenters. The van der Waals surface area contributed by atoms with Gasteiger partial charge in [-0.05, 0) is 23.3 Å². The summed E-state index contributed by atoms with van der Waals surface area (Å²) in [5.74, 6) is 0.154. The van der Waals surface area contributed by atoms with Gasteiger partial charge in [-0.2, -0.15) is 0 Å². The van der Waals surface area contributed by atoms with Gasteiger partial charge in [-0.3, -0.25) is 4.79 Å². The fourth-order valence-corrected chi connectivity index (χ4v) is 2.65. The first kappa shape index (κ1) is 11.4. The normalized spacial score (nSPS) is 16.1. The molecule has 0 unspecified atom stereocenters. The number of fused-ring (bicyclic) bond motifs is 1. The Bertz CT molecular complexity index is 656. The second-order valence-electron chi connectivity index (χ2n) is 4.35. The summed E-state index contributed by atoms with van der Waals surface area (Å²) < 4.78 is 1.02. The lowest BCUT2D eigenvalue weighted by molar-refractivity contribution is 0.104. The number of carbonyl (C=O) groups excluding carboxylic acids is 1. The number of carbonyl (C=O) groups is 1. The maximum Gasteiger partial charge on any atom is 0.189 e. The van der Waals surface area contributed by atoms with Crippen molar-refractivity contribution in [3.8, 4) is 0 Å². The first-order valence-electron chi connectivity index (χ1n) is 5.83. The minimum Gasteiger partial charge on any atom is -0.289 e. The van der Waals surface area contributed by atoms with Gasteiger partial charge >= 0.3 is 0 Å². The molecular formula is C16H11BrO. The Morgan fingerprint density at radius 2 is 1.72 bits per heavy atom. The van der Waals surface area contributed by atoms with Crippen molar-refractivity contribution in [2.24, 2.45) is 0 Å². The number of rotatable bonds is 1. The van der Waals surface area contributed by atoms with Gasteiger partial charge in [0.15, 0.2) is 5.78 Å². The van der Waals surface area contributed by atoms with Crippen LogP contribution in [0.4, 0.5) is 0 Å². The Morgan fingerprint density at radius 3 is 2.50 bits per heavy atom. The Balaban J connectivity index is 2.02. The SMILES string of the molecule is O=C1/C(=C\c2ccccc2Br)Cc2ccccc21. The number of hydrogen-bond acceptors (Lipinski definition) is 1. The first-order chi connectivity index (χ1) is 8.75. The van der Waals surface area contributed by atoms with Crippen LogP contribution < -0.4 is 0 Å². The molecule has 3 rings (SSSR count). The quantitative estimate of drug-likeness (QED) is 0.719. The molecule has 0 aliphatic heterocycles. The molecule has 1 aliphatic rings. The maximum atomic E-state index is 12.2. The fourth-order valence-electron chi connectivity index (χ4n) is 2.25. The lowest BCUT2D eigenvalue weighted by atomic mass is 10.1. The molecular weight excluding hydrogens is 288 g/mol. The molecule has 1 aliphatic carbocycles. The van der Waals surface area contributed by atoms with E-state index < -0.39 is 0 Å². The van der Waals surface area contributed by atoms with Crippen molar-refractivity contribution in [1.82, 2.24) is 0 Å². The van der Waals surface area contributed by atoms with Crippen molar-refractivity contribution in [3.63, 3.8) is 0 Å². The molecule has 0 saturated carbocycles. The van der Waals surface area contributed by atoms with Crippen molar-refractivity contribution >= 4 is 27.8 Å². The fraction of sp³-hybridized carbons (Fsp3) is 0.0625. The van der Waals surface area contributed by atoms with Crippen LogP contribution in [0.3, 0.4) is 0 Å². The third-order valence-electron chi connectivity index (χ3n) is 3.17. The van der Waals surface area contributed by atoms with Crippen molar-refractivity contribution in [3.05, 3.63) is 75.3 Å². The maximum absolute atomic E-state index is 12.2. The molecule has 88 valence electrons. The Morgan fingerprint density at radius 1 is 1.00 bits per heavy atom. The van der Waals surface area contributed by atoms with E-state index in [1.54, 1.807) is 0 Å². The van der Waals surface area contributed by atoms with Gasteiger partial charge in [-0.15, -0.1) is 0 Å². The summed E-state index contributed by atoms with van der Waals surface area (Å²) >= 11 is 3.50. The minimum absolute atomic E-state index is 0.154. The lowest BCUT2D eigenvalue weighted by Gasteiger charge is -1.99. The number of ketones is 1. The molecule has 0 aromatic heterocycles. The number of allylic oxidation sites excluding steroid dienone is 1. The van der Waals surface area contributed by atoms with Crippen molar-refractivity contribution in [2.75, 3.05) is 0 Å². The number of halogens is 1. The van der Waals surface area contributed by atoms with Crippen LogP contribution in [-0.2, 0) is 6.42 Å². The van der Waals surface area contributed by atoms with Gasteiger partial charge in [0, 0.05) is 22.0 Å². The number of Topliss-reactive ketones (excluding diaryl/α,β-unsaturated/α-hetero) is 1. The van der Waals surface area contributed by atoms with Crippen LogP contribution in [0.15, 0.2) is 58.6 Å². The van der Waals surface area contributed by atoms with Gasteiger partial charge in [-0.25, -0.2) is 0 Å². The summed E-state index contributed by atoms with van der Waals surface area (Å²) in [6.45, 7) is 0. The van der Waals surface area contributed by atoms with Crippen LogP contribution in [0.5, 0.6) is 0 Å². The van der Waals surface area contributed by atoms with Crippen LogP contribution in [0.25, 0.3) is 6.08 Å². The molecule has 2 heteroatoms. The van der Waals surface area contributed by atoms with E-state index in [1.807, 2.05) is 54.6 Å². The molecule has 0 fully saturated rings. The highest BCUT2D eigenvalue weighted by atomic mass is 79.9. The molecule has 0 saturated heterocycles. The van der Waals surface area contributed by atoms with Gasteiger partial charge in [0.1, 0.15) is 0 Å². The third-order valence-corrected chi connectivity index (χ3v) is 3.89. The van der Waals surface area contributed by atoms with Crippen LogP contribution >= 0.6 is 15.9 Å². The first-order valence-corrected chi connectivity index (χ1v) is 6.63. The molecule has 0 N–H and O–H groups in total. The standard InChI is InChI=1S/C16H11BrO/c17-15-8-4-2-6-12(15)10-13-9-11-5-1-3-7-14(11)16(13)18/h1-8,10H,9H2/b13-10-. The van der Waals surface area contributed by atoms with E-state index in [-0.39, 0.29) is 5.78 Å². The van der Waals surface area contributed by atoms with E-state index in [2.05, 4.69) is 15.9 Å². The van der Waals surface area contributed by atoms with E-state index in [4.69, 9.17) is 0 Å². The lowest BCUT2D eigenvalue weighted by Crippen LogP contribution is -1.95. The van der Waals surface area contributed by atoms with Crippen molar-refractivity contribution in [2.45, 2.75) is 6.42 Å². The smallest absolute Gasteiger partial charge is 0.189 e. The van der Waals surface area contributed by atoms with Crippen molar-refractivity contribution < 1.29 is 4.79 Å². The predicted molar refractivity (Wildman–Crippen MR) is 76.6 cm³/mol. The van der Waals surface area contributed by atoms with Gasteiger partial charge < -0.3 is 0 Å². The van der Waals surface area contributed by atoms with Gasteiger partial charge in [-0.1, -0.05) is 58.4 Å². The Labute approximate surface area is 114 Å². The second kappa shape index (κ2) is 4.54. The van der Waals surface area contributed by atoms with Crippen LogP contribution in [0, 0.1) is 0 Å². The minimum atomic E-state index is 0.154. The molecule has 18 heavy (non-hydrogen) atoms. The third kappa shape index (κ3) is 1.93. The Hall–Kier alpha value is -1.67. The summed E-state index contributed by atoms with van der Waals surface area (Å²) in [4.78, 5) is 12.2. The highest BCUT2D eigenvalue weighted by Gasteiger charge is 2.23. The number of benzene rings is 2. The highest BCUT2D eigenvalue weighted by Crippen LogP contribution is 2.29. The molecule has 0 heterocycles. The summed E-state index contributed by atoms with van der Waals surface area (Å²) in [5.41, 5.74) is 3.88. The molecule has 0 amide bonds. The largest absolute Gasteiger partial charge is 0.289 e. The molecule has 0 bridgehead atoms. The van der Waals surface area contributed by atoms with Gasteiger partial charge in [0.05, 0.1) is 0 Å². The zero-order valence-corrected chi connectivity index (χ0v) is 11.3. The summed E-state index contributed by atoms with van der Waals surface area (Å²) in [6.07, 6.45) is 2.71. The Kier molecular flexibility index (Phi) is 2.88. The van der Waals surface area contributed by atoms with Gasteiger partial charge in [0.2, 0.25) is 0 Å². The molecule has 0 spiro atoms. The number of hydrogen-bond donors (Lipinski definition) is 0. The monoisotopic (exact) mass is 298 g/mol. The van der Waals surface area contributed by atoms with Crippen LogP contribution in [-0.4, -0.2) is 5.78 Å². The van der Waals surface area contributed by atoms with Gasteiger partial charge in [0.25, 0.3) is 0 Å².